The first-order valence-corrected chi connectivity index (χ1v) is 38.3. The molecule has 2 aromatic carbocycles. The Kier molecular flexibility index (Phi) is 35.5. The van der Waals surface area contributed by atoms with Gasteiger partial charge in [-0.2, -0.15) is 0 Å². The van der Waals surface area contributed by atoms with E-state index in [9.17, 15) is 62.6 Å². The minimum absolute atomic E-state index is 0.0112. The standard InChI is InChI=1S/C76H120N12O17S/c1-17-47(8)66(86(13)73(99)63(45(4)5)83-71(97)65(46(6)7)85(11)12)56(103-15)39-59(90)87-38-22-24-55(87)67(104-16)48(9)68(94)79-49(10)64(51-28-32-53(102-14)33-29-51)84-75(101)105-42-50-26-30-52(31-27-50)80-69(95)54(23-21-36-78-74(77)100)81-70(96)62(44(2)3)82-58(89)25-19-18-20-37-88-60(91)40-57(72(88)98)106-43-76(34-35-76)41-61(92)93/h26-33,44-49,54-57,62-67H,17-25,34-43H2,1-16H3,(H,79,94)(H,80,95)(H,81,96)(H,82,89)(H,83,97)(H,84,101)(H,92,93)(H3,77,78,100)/t47-,48+,49+,54-,55-,56+,57?,62-,63-,64?,65-,66-,67+/m0/s1. The molecule has 2 unspecified atom stereocenters. The van der Waals surface area contributed by atoms with Gasteiger partial charge in [0.05, 0.1) is 73.5 Å². The molecule has 10 N–H and O–H groups in total. The highest BCUT2D eigenvalue weighted by molar-refractivity contribution is 8.00. The number of aliphatic carboxylic acids is 1. The first kappa shape index (κ1) is 88.5. The molecule has 12 amide bonds. The topological polar surface area (TPSA) is 385 Å². The van der Waals surface area contributed by atoms with Crippen molar-refractivity contribution in [3.8, 4) is 5.75 Å². The summed E-state index contributed by atoms with van der Waals surface area (Å²) in [5.41, 5.74) is 6.46. The van der Waals surface area contributed by atoms with Crippen LogP contribution in [0, 0.1) is 35.0 Å². The van der Waals surface area contributed by atoms with Crippen molar-refractivity contribution in [2.24, 2.45) is 40.7 Å². The van der Waals surface area contributed by atoms with Crippen LogP contribution in [0.3, 0.4) is 0 Å². The molecule has 29 nitrogen and oxygen atoms in total. The second-order valence-corrected chi connectivity index (χ2v) is 31.2. The molecule has 2 heterocycles. The lowest BCUT2D eigenvalue weighted by atomic mass is 9.89. The minimum Gasteiger partial charge on any atom is -0.497 e. The average Bonchev–Trinajstić information content (AvgIpc) is 1.58. The molecule has 5 rings (SSSR count). The van der Waals surface area contributed by atoms with Crippen LogP contribution in [0.2, 0.25) is 0 Å². The molecule has 3 aliphatic rings. The third-order valence-corrected chi connectivity index (χ3v) is 22.1. The van der Waals surface area contributed by atoms with Crippen LogP contribution < -0.4 is 47.7 Å². The van der Waals surface area contributed by atoms with Crippen molar-refractivity contribution in [3.05, 3.63) is 59.7 Å². The normalized spacial score (nSPS) is 18.6. The molecule has 592 valence electrons. The Hall–Kier alpha value is -8.09. The number of carboxylic acid groups (broad SMARTS) is 1. The SMILES string of the molecule is CC[C@H](C)[C@@H]([C@@H](CC(=O)N1CCC[C@H]1[C@H](OC)[C@@H](C)C(=O)N[C@H](C)C(NC(=O)OCc1ccc(NC(=O)[C@H](CCCNC(N)=O)NC(=O)[C@@H](NC(=O)CCCCCN2C(=O)CC(SCC3(CC(=O)O)CC3)C2=O)C(C)C)cc1)c1ccc(OC)cc1)OC)N(C)C(=O)[C@@H](NC(=O)[C@H](C(C)C)N(C)C)C(C)C. The van der Waals surface area contributed by atoms with Crippen molar-refractivity contribution in [3.63, 3.8) is 0 Å². The van der Waals surface area contributed by atoms with E-state index < -0.39 is 119 Å². The van der Waals surface area contributed by atoms with E-state index in [0.29, 0.717) is 73.4 Å². The van der Waals surface area contributed by atoms with Crippen molar-refractivity contribution < 1.29 is 81.6 Å². The summed E-state index contributed by atoms with van der Waals surface area (Å²) in [7, 11) is 9.92. The van der Waals surface area contributed by atoms with Crippen LogP contribution >= 0.6 is 11.8 Å². The highest BCUT2D eigenvalue weighted by Crippen LogP contribution is 2.52. The molecule has 1 saturated carbocycles. The van der Waals surface area contributed by atoms with E-state index in [1.54, 1.807) is 93.1 Å². The first-order chi connectivity index (χ1) is 50.1. The Labute approximate surface area is 629 Å². The van der Waals surface area contributed by atoms with Gasteiger partial charge in [-0.05, 0) is 137 Å². The largest absolute Gasteiger partial charge is 0.497 e. The first-order valence-electron chi connectivity index (χ1n) is 37.3. The number of nitrogens with one attached hydrogen (secondary N) is 7. The van der Waals surface area contributed by atoms with Gasteiger partial charge in [0.2, 0.25) is 53.2 Å². The number of likely N-dealkylation sites (N-methyl/N-ethyl adjacent to an activating group) is 2. The zero-order chi connectivity index (χ0) is 78.9. The number of hydrogen-bond acceptors (Lipinski definition) is 18. The lowest BCUT2D eigenvalue weighted by Crippen LogP contribution is -2.59. The van der Waals surface area contributed by atoms with Crippen LogP contribution in [0.1, 0.15) is 176 Å². The Balaban J connectivity index is 1.17. The molecule has 0 radical (unpaired) electrons. The van der Waals surface area contributed by atoms with Crippen LogP contribution in [-0.4, -0.2) is 224 Å². The van der Waals surface area contributed by atoms with Crippen LogP contribution in [0.5, 0.6) is 5.75 Å². The predicted octanol–water partition coefficient (Wildman–Crippen LogP) is 6.50. The third kappa shape index (κ3) is 26.1. The van der Waals surface area contributed by atoms with Gasteiger partial charge in [-0.1, -0.05) is 99.4 Å². The number of thioether (sulfide) groups is 1. The summed E-state index contributed by atoms with van der Waals surface area (Å²) in [6.07, 6.45) is 2.95. The number of unbranched alkanes of at least 4 members (excludes halogenated alkanes) is 2. The number of nitrogens with zero attached hydrogens (tertiary/aromatic N) is 4. The number of rotatable bonds is 45. The van der Waals surface area contributed by atoms with E-state index in [2.05, 4.69) is 37.2 Å². The molecule has 106 heavy (non-hydrogen) atoms. The maximum Gasteiger partial charge on any atom is 0.408 e. The van der Waals surface area contributed by atoms with Gasteiger partial charge in [-0.15, -0.1) is 11.8 Å². The molecule has 2 aliphatic heterocycles. The summed E-state index contributed by atoms with van der Waals surface area (Å²) in [6, 6.07) is 6.55. The van der Waals surface area contributed by atoms with Crippen LogP contribution in [-0.2, 0) is 68.8 Å². The number of likely N-dealkylation sites (tertiary alicyclic amines) is 2. The fourth-order valence-corrected chi connectivity index (χ4v) is 15.6. The number of primary amides is 1. The van der Waals surface area contributed by atoms with E-state index in [-0.39, 0.29) is 111 Å². The summed E-state index contributed by atoms with van der Waals surface area (Å²) in [5.74, 6) is -4.71. The molecule has 30 heteroatoms. The lowest BCUT2D eigenvalue weighted by molar-refractivity contribution is -0.148. The molecule has 1 aliphatic carbocycles. The summed E-state index contributed by atoms with van der Waals surface area (Å²) < 4.78 is 23.4. The van der Waals surface area contributed by atoms with Gasteiger partial charge in [-0.25, -0.2) is 9.59 Å². The highest BCUT2D eigenvalue weighted by Gasteiger charge is 2.48. The zero-order valence-electron chi connectivity index (χ0n) is 65.0. The van der Waals surface area contributed by atoms with Crippen molar-refractivity contribution in [1.82, 2.24) is 51.5 Å². The number of carboxylic acids is 1. The Morgan fingerprint density at radius 3 is 1.97 bits per heavy atom. The van der Waals surface area contributed by atoms with Crippen molar-refractivity contribution in [2.45, 2.75) is 232 Å². The molecule has 0 aromatic heterocycles. The van der Waals surface area contributed by atoms with Gasteiger partial charge in [-0.3, -0.25) is 57.7 Å². The lowest BCUT2D eigenvalue weighted by Gasteiger charge is -2.41. The average molecular weight is 1510 g/mol. The number of hydrogen-bond donors (Lipinski definition) is 9. The monoisotopic (exact) mass is 1500 g/mol. The zero-order valence-corrected chi connectivity index (χ0v) is 65.9. The van der Waals surface area contributed by atoms with E-state index in [0.717, 1.165) is 12.8 Å². The molecular formula is C76H120N12O17S. The van der Waals surface area contributed by atoms with Crippen molar-refractivity contribution >= 4 is 88.7 Å². The van der Waals surface area contributed by atoms with Gasteiger partial charge >= 0.3 is 18.1 Å². The second-order valence-electron chi connectivity index (χ2n) is 30.0. The number of carbonyl (C=O) groups is 12. The number of amides is 12. The number of carbonyl (C=O) groups excluding carboxylic acids is 11. The smallest absolute Gasteiger partial charge is 0.408 e. The Bertz CT molecular complexity index is 3270. The van der Waals surface area contributed by atoms with Crippen molar-refractivity contribution in [2.75, 3.05) is 73.2 Å². The molecular weight excluding hydrogens is 1380 g/mol. The third-order valence-electron chi connectivity index (χ3n) is 20.6. The van der Waals surface area contributed by atoms with Gasteiger partial charge in [0.25, 0.3) is 0 Å². The number of alkyl carbamates (subject to hydrolysis) is 1. The van der Waals surface area contributed by atoms with Crippen molar-refractivity contribution in [1.29, 1.82) is 0 Å². The van der Waals surface area contributed by atoms with Gasteiger partial charge < -0.3 is 76.8 Å². The fraction of sp³-hybridized carbons (Fsp3) is 0.684. The van der Waals surface area contributed by atoms with Crippen LogP contribution in [0.15, 0.2) is 48.5 Å². The molecule has 3 fully saturated rings. The molecule has 2 saturated heterocycles. The number of anilines is 1. The number of nitrogens with two attached hydrogens (primary N) is 1. The summed E-state index contributed by atoms with van der Waals surface area (Å²) in [6.45, 7) is 19.2. The fourth-order valence-electron chi connectivity index (χ4n) is 14.1. The van der Waals surface area contributed by atoms with Gasteiger partial charge in [0, 0.05) is 65.2 Å². The van der Waals surface area contributed by atoms with E-state index in [1.165, 1.54) is 38.0 Å². The summed E-state index contributed by atoms with van der Waals surface area (Å²) in [5, 5.41) is 28.6. The maximum absolute atomic E-state index is 14.7. The number of imide groups is 1. The molecule has 13 atom stereocenters. The molecule has 2 aromatic rings. The number of methoxy groups -OCH3 is 3. The molecule has 0 bridgehead atoms. The maximum atomic E-state index is 14.7. The van der Waals surface area contributed by atoms with E-state index in [4.69, 9.17) is 24.7 Å². The quantitative estimate of drug-likeness (QED) is 0.0252. The Morgan fingerprint density at radius 2 is 1.41 bits per heavy atom. The number of benzene rings is 2. The highest BCUT2D eigenvalue weighted by atomic mass is 32.2. The van der Waals surface area contributed by atoms with Gasteiger partial charge in [0.1, 0.15) is 30.5 Å². The summed E-state index contributed by atoms with van der Waals surface area (Å²) >= 11 is 1.35. The number of ether oxygens (including phenoxy) is 4. The number of urea groups is 1. The Morgan fingerprint density at radius 1 is 0.745 bits per heavy atom. The van der Waals surface area contributed by atoms with E-state index in [1.807, 2.05) is 60.5 Å². The molecule has 0 spiro atoms. The minimum atomic E-state index is -1.13. The van der Waals surface area contributed by atoms with Crippen LogP contribution in [0.25, 0.3) is 0 Å². The van der Waals surface area contributed by atoms with Crippen LogP contribution in [0.4, 0.5) is 15.3 Å². The predicted molar refractivity (Wildman–Crippen MR) is 402 cm³/mol. The summed E-state index contributed by atoms with van der Waals surface area (Å²) in [4.78, 5) is 167. The van der Waals surface area contributed by atoms with E-state index >= 15 is 0 Å². The second kappa shape index (κ2) is 42.5. The van der Waals surface area contributed by atoms with Gasteiger partial charge in [0.15, 0.2) is 0 Å².